The van der Waals surface area contributed by atoms with Crippen molar-refractivity contribution in [2.24, 2.45) is 11.3 Å². The average molecular weight is 343 g/mol. The predicted octanol–water partition coefficient (Wildman–Crippen LogP) is 2.61. The maximum atomic E-state index is 12.8. The summed E-state index contributed by atoms with van der Waals surface area (Å²) in [4.78, 5) is 12.5. The molecule has 3 nitrogen and oxygen atoms in total. The van der Waals surface area contributed by atoms with Gasteiger partial charge < -0.3 is 10.2 Å². The lowest BCUT2D eigenvalue weighted by Crippen LogP contribution is -2.52. The van der Waals surface area contributed by atoms with Gasteiger partial charge in [0.15, 0.2) is 5.41 Å². The number of halogens is 7. The lowest BCUT2D eigenvalue weighted by atomic mass is 9.85. The first-order chi connectivity index (χ1) is 8.96. The van der Waals surface area contributed by atoms with Gasteiger partial charge in [-0.25, -0.2) is 0 Å². The number of rotatable bonds is 3. The molecule has 1 fully saturated rings. The van der Waals surface area contributed by atoms with Gasteiger partial charge in [0.2, 0.25) is 5.91 Å². The van der Waals surface area contributed by atoms with Gasteiger partial charge in [-0.1, -0.05) is 6.92 Å². The molecule has 126 valence electrons. The summed E-state index contributed by atoms with van der Waals surface area (Å²) in [7, 11) is 1.55. The van der Waals surface area contributed by atoms with E-state index in [9.17, 15) is 31.1 Å². The van der Waals surface area contributed by atoms with Crippen LogP contribution < -0.4 is 5.32 Å². The fourth-order valence-corrected chi connectivity index (χ4v) is 2.33. The number of carbonyl (C=O) groups excluding carboxylic acids is 1. The fraction of sp³-hybridized carbons (Fsp3) is 0.909. The molecule has 1 aliphatic rings. The van der Waals surface area contributed by atoms with E-state index in [-0.39, 0.29) is 19.0 Å². The molecule has 10 heteroatoms. The van der Waals surface area contributed by atoms with Gasteiger partial charge in [0, 0.05) is 25.6 Å². The summed E-state index contributed by atoms with van der Waals surface area (Å²) < 4.78 is 77.0. The molecule has 1 saturated heterocycles. The fourth-order valence-electron chi connectivity index (χ4n) is 2.33. The van der Waals surface area contributed by atoms with Crippen LogP contribution in [0.4, 0.5) is 26.3 Å². The number of hydrogen-bond donors (Lipinski definition) is 1. The number of amides is 1. The highest BCUT2D eigenvalue weighted by atomic mass is 35.5. The van der Waals surface area contributed by atoms with Crippen LogP contribution in [0.25, 0.3) is 0 Å². The molecule has 0 aliphatic carbocycles. The summed E-state index contributed by atoms with van der Waals surface area (Å²) in [5, 5.41) is 2.66. The van der Waals surface area contributed by atoms with E-state index in [0.29, 0.717) is 4.90 Å². The van der Waals surface area contributed by atoms with E-state index < -0.39 is 49.1 Å². The lowest BCUT2D eigenvalue weighted by molar-refractivity contribution is -0.334. The molecule has 0 radical (unpaired) electrons. The van der Waals surface area contributed by atoms with Crippen molar-refractivity contribution in [3.05, 3.63) is 0 Å². The van der Waals surface area contributed by atoms with E-state index in [1.807, 2.05) is 0 Å². The summed E-state index contributed by atoms with van der Waals surface area (Å²) in [6.07, 6.45) is -12.0. The normalized spacial score (nSPS) is 20.1. The molecule has 1 amide bonds. The predicted molar refractivity (Wildman–Crippen MR) is 66.1 cm³/mol. The quantitative estimate of drug-likeness (QED) is 0.800. The van der Waals surface area contributed by atoms with Crippen molar-refractivity contribution in [1.29, 1.82) is 0 Å². The average Bonchev–Trinajstić information content (AvgIpc) is 2.72. The molecule has 1 heterocycles. The molecule has 1 rings (SSSR count). The van der Waals surface area contributed by atoms with Crippen molar-refractivity contribution in [3.8, 4) is 0 Å². The van der Waals surface area contributed by atoms with Crippen LogP contribution in [0.1, 0.15) is 13.3 Å². The van der Waals surface area contributed by atoms with Crippen LogP contribution in [0, 0.1) is 11.3 Å². The first-order valence-corrected chi connectivity index (χ1v) is 6.03. The Kier molecular flexibility index (Phi) is 6.38. The molecule has 0 saturated carbocycles. The van der Waals surface area contributed by atoms with Crippen LogP contribution in [0.3, 0.4) is 0 Å². The third-order valence-electron chi connectivity index (χ3n) is 3.60. The van der Waals surface area contributed by atoms with E-state index in [1.54, 1.807) is 7.05 Å². The van der Waals surface area contributed by atoms with Gasteiger partial charge in [-0.15, -0.1) is 12.4 Å². The van der Waals surface area contributed by atoms with Crippen molar-refractivity contribution in [3.63, 3.8) is 0 Å². The van der Waals surface area contributed by atoms with Gasteiger partial charge in [0.25, 0.3) is 0 Å². The highest BCUT2D eigenvalue weighted by Gasteiger charge is 2.72. The van der Waals surface area contributed by atoms with Crippen molar-refractivity contribution in [2.75, 3.05) is 26.7 Å². The maximum absolute atomic E-state index is 12.8. The topological polar surface area (TPSA) is 32.3 Å². The Bertz CT molecular complexity index is 357. The monoisotopic (exact) mass is 342 g/mol. The van der Waals surface area contributed by atoms with E-state index >= 15 is 0 Å². The van der Waals surface area contributed by atoms with Crippen molar-refractivity contribution in [1.82, 2.24) is 10.2 Å². The zero-order valence-electron chi connectivity index (χ0n) is 11.4. The number of hydrogen-bond acceptors (Lipinski definition) is 2. The van der Waals surface area contributed by atoms with Gasteiger partial charge in [0.05, 0.1) is 0 Å². The highest BCUT2D eigenvalue weighted by molar-refractivity contribution is 5.85. The first-order valence-electron chi connectivity index (χ1n) is 6.03. The third kappa shape index (κ3) is 3.74. The Labute approximate surface area is 124 Å². The summed E-state index contributed by atoms with van der Waals surface area (Å²) in [6, 6.07) is 0. The number of nitrogens with one attached hydrogen (secondary N) is 1. The molecule has 21 heavy (non-hydrogen) atoms. The van der Waals surface area contributed by atoms with Gasteiger partial charge in [-0.2, -0.15) is 26.3 Å². The maximum Gasteiger partial charge on any atom is 0.404 e. The van der Waals surface area contributed by atoms with Crippen LogP contribution in [-0.2, 0) is 4.79 Å². The van der Waals surface area contributed by atoms with Crippen molar-refractivity contribution >= 4 is 18.3 Å². The van der Waals surface area contributed by atoms with E-state index in [4.69, 9.17) is 0 Å². The largest absolute Gasteiger partial charge is 0.404 e. The van der Waals surface area contributed by atoms with Crippen LogP contribution in [-0.4, -0.2) is 49.8 Å². The summed E-state index contributed by atoms with van der Waals surface area (Å²) in [6.45, 7) is -0.237. The minimum atomic E-state index is -5.42. The zero-order valence-corrected chi connectivity index (χ0v) is 12.3. The Morgan fingerprint density at radius 2 is 1.71 bits per heavy atom. The summed E-state index contributed by atoms with van der Waals surface area (Å²) >= 11 is 0. The molecule has 0 aromatic heterocycles. The minimum absolute atomic E-state index is 0. The molecule has 1 unspecified atom stereocenters. The highest BCUT2D eigenvalue weighted by Crippen LogP contribution is 2.55. The number of likely N-dealkylation sites (tertiary alicyclic amines) is 1. The Hall–Kier alpha value is -0.700. The second kappa shape index (κ2) is 6.60. The molecule has 1 N–H and O–H groups in total. The van der Waals surface area contributed by atoms with Crippen molar-refractivity contribution in [2.45, 2.75) is 25.7 Å². The van der Waals surface area contributed by atoms with Gasteiger partial charge in [-0.3, -0.25) is 4.79 Å². The Morgan fingerprint density at radius 3 is 2.05 bits per heavy atom. The molecular formula is C11H17ClF6N2O. The second-order valence-corrected chi connectivity index (χ2v) is 5.05. The van der Waals surface area contributed by atoms with Crippen molar-refractivity contribution < 1.29 is 31.1 Å². The summed E-state index contributed by atoms with van der Waals surface area (Å²) in [5.41, 5.74) is -3.81. The van der Waals surface area contributed by atoms with E-state index in [0.717, 1.165) is 0 Å². The third-order valence-corrected chi connectivity index (χ3v) is 3.60. The molecule has 0 aromatic carbocycles. The van der Waals surface area contributed by atoms with Gasteiger partial charge in [-0.05, 0) is 13.5 Å². The van der Waals surface area contributed by atoms with Crippen LogP contribution in [0.2, 0.25) is 0 Å². The van der Waals surface area contributed by atoms with Gasteiger partial charge in [0.1, 0.15) is 0 Å². The van der Waals surface area contributed by atoms with E-state index in [2.05, 4.69) is 5.32 Å². The number of alkyl halides is 6. The van der Waals surface area contributed by atoms with Gasteiger partial charge >= 0.3 is 12.4 Å². The summed E-state index contributed by atoms with van der Waals surface area (Å²) in [5.74, 6) is -1.37. The van der Waals surface area contributed by atoms with Crippen LogP contribution in [0.15, 0.2) is 0 Å². The molecule has 0 aromatic rings. The SMILES string of the molecule is CNCC(C)C(=O)N1CCC(C(F)(F)F)(C(F)(F)F)C1.Cl. The number of nitrogens with zero attached hydrogens (tertiary/aromatic N) is 1. The first kappa shape index (κ1) is 20.3. The van der Waals surface area contributed by atoms with Crippen LogP contribution >= 0.6 is 12.4 Å². The molecule has 0 bridgehead atoms. The molecule has 1 atom stereocenters. The molecule has 1 aliphatic heterocycles. The Balaban J connectivity index is 0.00000400. The smallest absolute Gasteiger partial charge is 0.341 e. The molecular weight excluding hydrogens is 326 g/mol. The lowest BCUT2D eigenvalue weighted by Gasteiger charge is -2.33. The van der Waals surface area contributed by atoms with Crippen LogP contribution in [0.5, 0.6) is 0 Å². The number of carbonyl (C=O) groups is 1. The second-order valence-electron chi connectivity index (χ2n) is 5.05. The Morgan fingerprint density at radius 1 is 1.24 bits per heavy atom. The zero-order chi connectivity index (χ0) is 15.8. The molecule has 0 spiro atoms. The minimum Gasteiger partial charge on any atom is -0.341 e. The standard InChI is InChI=1S/C11H16F6N2O.ClH/c1-7(5-18-2)8(20)19-4-3-9(6-19,10(12,13)14)11(15,16)17;/h7,18H,3-6H2,1-2H3;1H. The van der Waals surface area contributed by atoms with E-state index in [1.165, 1.54) is 6.92 Å².